The molecule has 0 radical (unpaired) electrons. The summed E-state index contributed by atoms with van der Waals surface area (Å²) in [7, 11) is 1.95. The number of nitrogens with one attached hydrogen (secondary N) is 2. The highest BCUT2D eigenvalue weighted by atomic mass is 16.1. The SMILES string of the molecule is CC(C)NC(=O)c1cccc(NCc2cncn2C)c1. The Labute approximate surface area is 119 Å². The molecular weight excluding hydrogens is 252 g/mol. The van der Waals surface area contributed by atoms with E-state index >= 15 is 0 Å². The molecule has 0 aliphatic carbocycles. The van der Waals surface area contributed by atoms with Crippen LogP contribution in [0.4, 0.5) is 5.69 Å². The number of rotatable bonds is 5. The van der Waals surface area contributed by atoms with Crippen molar-refractivity contribution in [2.75, 3.05) is 5.32 Å². The molecule has 106 valence electrons. The molecule has 20 heavy (non-hydrogen) atoms. The lowest BCUT2D eigenvalue weighted by Crippen LogP contribution is -2.30. The van der Waals surface area contributed by atoms with Crippen LogP contribution in [0.5, 0.6) is 0 Å². The van der Waals surface area contributed by atoms with E-state index in [1.54, 1.807) is 6.33 Å². The molecule has 1 amide bonds. The first-order chi connectivity index (χ1) is 9.56. The van der Waals surface area contributed by atoms with Gasteiger partial charge in [0.05, 0.1) is 18.6 Å². The van der Waals surface area contributed by atoms with Gasteiger partial charge in [-0.1, -0.05) is 6.07 Å². The van der Waals surface area contributed by atoms with Gasteiger partial charge in [0.2, 0.25) is 0 Å². The quantitative estimate of drug-likeness (QED) is 0.877. The molecule has 0 saturated carbocycles. The Bertz CT molecular complexity index is 589. The molecule has 2 aromatic rings. The van der Waals surface area contributed by atoms with E-state index in [9.17, 15) is 4.79 Å². The maximum absolute atomic E-state index is 11.9. The van der Waals surface area contributed by atoms with Crippen molar-refractivity contribution in [3.63, 3.8) is 0 Å². The smallest absolute Gasteiger partial charge is 0.251 e. The Balaban J connectivity index is 2.02. The number of aromatic nitrogens is 2. The van der Waals surface area contributed by atoms with Crippen molar-refractivity contribution in [3.05, 3.63) is 48.0 Å². The first kappa shape index (κ1) is 14.1. The van der Waals surface area contributed by atoms with Gasteiger partial charge in [-0.15, -0.1) is 0 Å². The number of hydrogen-bond donors (Lipinski definition) is 2. The highest BCUT2D eigenvalue weighted by Gasteiger charge is 2.07. The van der Waals surface area contributed by atoms with Crippen LogP contribution in [0.25, 0.3) is 0 Å². The third-order valence-electron chi connectivity index (χ3n) is 2.93. The van der Waals surface area contributed by atoms with Crippen LogP contribution in [0.2, 0.25) is 0 Å². The molecule has 2 N–H and O–H groups in total. The number of hydrogen-bond acceptors (Lipinski definition) is 3. The average molecular weight is 272 g/mol. The fraction of sp³-hybridized carbons (Fsp3) is 0.333. The van der Waals surface area contributed by atoms with Gasteiger partial charge in [0.25, 0.3) is 5.91 Å². The van der Waals surface area contributed by atoms with E-state index in [0.717, 1.165) is 11.4 Å². The summed E-state index contributed by atoms with van der Waals surface area (Å²) in [4.78, 5) is 16.0. The van der Waals surface area contributed by atoms with Crippen molar-refractivity contribution in [3.8, 4) is 0 Å². The fourth-order valence-electron chi connectivity index (χ4n) is 1.86. The van der Waals surface area contributed by atoms with Gasteiger partial charge in [0, 0.05) is 30.5 Å². The van der Waals surface area contributed by atoms with E-state index in [1.807, 2.05) is 55.9 Å². The summed E-state index contributed by atoms with van der Waals surface area (Å²) >= 11 is 0. The zero-order chi connectivity index (χ0) is 14.5. The average Bonchev–Trinajstić information content (AvgIpc) is 2.81. The van der Waals surface area contributed by atoms with Crippen LogP contribution in [0.15, 0.2) is 36.8 Å². The zero-order valence-corrected chi connectivity index (χ0v) is 12.1. The molecule has 1 aromatic carbocycles. The summed E-state index contributed by atoms with van der Waals surface area (Å²) in [5, 5.41) is 6.18. The van der Waals surface area contributed by atoms with E-state index in [-0.39, 0.29) is 11.9 Å². The number of imidazole rings is 1. The second-order valence-electron chi connectivity index (χ2n) is 5.06. The molecule has 0 bridgehead atoms. The lowest BCUT2D eigenvalue weighted by Gasteiger charge is -2.11. The Morgan fingerprint density at radius 3 is 2.85 bits per heavy atom. The first-order valence-corrected chi connectivity index (χ1v) is 6.66. The summed E-state index contributed by atoms with van der Waals surface area (Å²) < 4.78 is 1.96. The standard InChI is InChI=1S/C15H20N4O/c1-11(2)18-15(20)12-5-4-6-13(7-12)17-9-14-8-16-10-19(14)3/h4-8,10-11,17H,9H2,1-3H3,(H,18,20). The summed E-state index contributed by atoms with van der Waals surface area (Å²) in [5.41, 5.74) is 2.67. The largest absolute Gasteiger partial charge is 0.379 e. The highest BCUT2D eigenvalue weighted by molar-refractivity contribution is 5.95. The Kier molecular flexibility index (Phi) is 4.40. The molecule has 0 fully saturated rings. The third kappa shape index (κ3) is 3.60. The molecule has 2 rings (SSSR count). The molecule has 0 aliphatic heterocycles. The van der Waals surface area contributed by atoms with Crippen molar-refractivity contribution in [2.45, 2.75) is 26.4 Å². The van der Waals surface area contributed by atoms with E-state index < -0.39 is 0 Å². The van der Waals surface area contributed by atoms with Gasteiger partial charge < -0.3 is 15.2 Å². The summed E-state index contributed by atoms with van der Waals surface area (Å²) in [6, 6.07) is 7.62. The highest BCUT2D eigenvalue weighted by Crippen LogP contribution is 2.12. The van der Waals surface area contributed by atoms with Gasteiger partial charge in [0.1, 0.15) is 0 Å². The van der Waals surface area contributed by atoms with Gasteiger partial charge in [-0.25, -0.2) is 4.98 Å². The Morgan fingerprint density at radius 2 is 2.20 bits per heavy atom. The second-order valence-corrected chi connectivity index (χ2v) is 5.06. The summed E-state index contributed by atoms with van der Waals surface area (Å²) in [6.07, 6.45) is 3.59. The maximum Gasteiger partial charge on any atom is 0.251 e. The Morgan fingerprint density at radius 1 is 1.40 bits per heavy atom. The lowest BCUT2D eigenvalue weighted by atomic mass is 10.1. The van der Waals surface area contributed by atoms with Crippen LogP contribution in [0, 0.1) is 0 Å². The first-order valence-electron chi connectivity index (χ1n) is 6.66. The lowest BCUT2D eigenvalue weighted by molar-refractivity contribution is 0.0943. The molecule has 0 aliphatic rings. The van der Waals surface area contributed by atoms with E-state index in [0.29, 0.717) is 12.1 Å². The number of carbonyl (C=O) groups excluding carboxylic acids is 1. The number of nitrogens with zero attached hydrogens (tertiary/aromatic N) is 2. The maximum atomic E-state index is 11.9. The van der Waals surface area contributed by atoms with Crippen LogP contribution >= 0.6 is 0 Å². The van der Waals surface area contributed by atoms with Crippen LogP contribution in [0.1, 0.15) is 29.9 Å². The van der Waals surface area contributed by atoms with Crippen molar-refractivity contribution in [1.29, 1.82) is 0 Å². The normalized spacial score (nSPS) is 10.6. The van der Waals surface area contributed by atoms with Gasteiger partial charge >= 0.3 is 0 Å². The number of carbonyl (C=O) groups is 1. The summed E-state index contributed by atoms with van der Waals surface area (Å²) in [6.45, 7) is 4.57. The zero-order valence-electron chi connectivity index (χ0n) is 12.1. The summed E-state index contributed by atoms with van der Waals surface area (Å²) in [5.74, 6) is -0.0517. The number of aryl methyl sites for hydroxylation is 1. The molecule has 5 nitrogen and oxygen atoms in total. The van der Waals surface area contributed by atoms with Crippen molar-refractivity contribution in [1.82, 2.24) is 14.9 Å². The van der Waals surface area contributed by atoms with Gasteiger partial charge in [0.15, 0.2) is 0 Å². The second kappa shape index (κ2) is 6.23. The molecule has 0 spiro atoms. The Hall–Kier alpha value is -2.30. The fourth-order valence-corrected chi connectivity index (χ4v) is 1.86. The van der Waals surface area contributed by atoms with Crippen LogP contribution in [-0.2, 0) is 13.6 Å². The van der Waals surface area contributed by atoms with E-state index in [2.05, 4.69) is 15.6 Å². The minimum absolute atomic E-state index is 0.0517. The van der Waals surface area contributed by atoms with Gasteiger partial charge in [-0.2, -0.15) is 0 Å². The molecule has 5 heteroatoms. The van der Waals surface area contributed by atoms with Crippen LogP contribution in [-0.4, -0.2) is 21.5 Å². The van der Waals surface area contributed by atoms with E-state index in [4.69, 9.17) is 0 Å². The number of anilines is 1. The van der Waals surface area contributed by atoms with E-state index in [1.165, 1.54) is 0 Å². The number of benzene rings is 1. The van der Waals surface area contributed by atoms with Crippen LogP contribution in [0.3, 0.4) is 0 Å². The molecule has 1 heterocycles. The van der Waals surface area contributed by atoms with Gasteiger partial charge in [-0.3, -0.25) is 4.79 Å². The molecule has 0 atom stereocenters. The van der Waals surface area contributed by atoms with Crippen molar-refractivity contribution < 1.29 is 4.79 Å². The van der Waals surface area contributed by atoms with Crippen LogP contribution < -0.4 is 10.6 Å². The molecular formula is C15H20N4O. The van der Waals surface area contributed by atoms with Crippen molar-refractivity contribution >= 4 is 11.6 Å². The van der Waals surface area contributed by atoms with Crippen molar-refractivity contribution in [2.24, 2.45) is 7.05 Å². The molecule has 0 unspecified atom stereocenters. The predicted octanol–water partition coefficient (Wildman–Crippen LogP) is 2.17. The molecule has 1 aromatic heterocycles. The van der Waals surface area contributed by atoms with Gasteiger partial charge in [-0.05, 0) is 32.0 Å². The monoisotopic (exact) mass is 272 g/mol. The third-order valence-corrected chi connectivity index (χ3v) is 2.93. The minimum atomic E-state index is -0.0517. The number of amides is 1. The minimum Gasteiger partial charge on any atom is -0.379 e. The topological polar surface area (TPSA) is 59.0 Å². The predicted molar refractivity (Wildman–Crippen MR) is 79.6 cm³/mol. The molecule has 0 saturated heterocycles.